The van der Waals surface area contributed by atoms with E-state index in [1.54, 1.807) is 11.0 Å². The number of nitrogens with zero attached hydrogens (tertiary/aromatic N) is 1. The minimum absolute atomic E-state index is 0.00300. The number of amides is 1. The zero-order valence-corrected chi connectivity index (χ0v) is 8.77. The number of hydrogen-bond donors (Lipinski definition) is 1. The summed E-state index contributed by atoms with van der Waals surface area (Å²) in [5, 5.41) is 0. The second-order valence-corrected chi connectivity index (χ2v) is 4.50. The van der Waals surface area contributed by atoms with Gasteiger partial charge in [0, 0.05) is 6.04 Å². The molecule has 2 atom stereocenters. The lowest BCUT2D eigenvalue weighted by Gasteiger charge is -2.46. The van der Waals surface area contributed by atoms with E-state index in [4.69, 9.17) is 5.73 Å². The van der Waals surface area contributed by atoms with Gasteiger partial charge in [-0.05, 0) is 30.5 Å². The van der Waals surface area contributed by atoms with Gasteiger partial charge in [0.2, 0.25) is 5.91 Å². The molecule has 1 aromatic rings. The smallest absolute Gasteiger partial charge is 0.242 e. The van der Waals surface area contributed by atoms with E-state index in [2.05, 4.69) is 0 Å². The van der Waals surface area contributed by atoms with Gasteiger partial charge in [-0.1, -0.05) is 12.1 Å². The Morgan fingerprint density at radius 2 is 2.12 bits per heavy atom. The maximum Gasteiger partial charge on any atom is 0.242 e. The van der Waals surface area contributed by atoms with Gasteiger partial charge in [-0.25, -0.2) is 4.39 Å². The number of β-lactam (4-membered cyclic amide) rings is 1. The van der Waals surface area contributed by atoms with Gasteiger partial charge in [0.15, 0.2) is 0 Å². The average Bonchev–Trinajstić information content (AvgIpc) is 3.08. The fourth-order valence-electron chi connectivity index (χ4n) is 2.35. The zero-order chi connectivity index (χ0) is 11.3. The summed E-state index contributed by atoms with van der Waals surface area (Å²) in [5.41, 5.74) is 6.60. The molecular weight excluding hydrogens is 207 g/mol. The monoisotopic (exact) mass is 220 g/mol. The van der Waals surface area contributed by atoms with E-state index < -0.39 is 6.04 Å². The molecule has 3 rings (SSSR count). The Bertz CT molecular complexity index is 444. The second-order valence-electron chi connectivity index (χ2n) is 4.50. The summed E-state index contributed by atoms with van der Waals surface area (Å²) < 4.78 is 13.1. The number of benzene rings is 1. The number of nitrogens with two attached hydrogens (primary N) is 1. The van der Waals surface area contributed by atoms with Crippen LogP contribution in [0.4, 0.5) is 4.39 Å². The van der Waals surface area contributed by atoms with Crippen molar-refractivity contribution < 1.29 is 9.18 Å². The first kappa shape index (κ1) is 9.78. The molecule has 1 amide bonds. The first-order valence-corrected chi connectivity index (χ1v) is 5.51. The van der Waals surface area contributed by atoms with Crippen LogP contribution in [0.1, 0.15) is 24.4 Å². The number of rotatable bonds is 2. The fraction of sp³-hybridized carbons (Fsp3) is 0.417. The highest BCUT2D eigenvalue weighted by atomic mass is 19.1. The van der Waals surface area contributed by atoms with Crippen molar-refractivity contribution in [2.24, 2.45) is 5.73 Å². The summed E-state index contributed by atoms with van der Waals surface area (Å²) in [6.45, 7) is 0. The lowest BCUT2D eigenvalue weighted by atomic mass is 9.89. The Morgan fingerprint density at radius 1 is 1.38 bits per heavy atom. The third-order valence-corrected chi connectivity index (χ3v) is 3.31. The van der Waals surface area contributed by atoms with Crippen LogP contribution in [-0.2, 0) is 4.79 Å². The molecule has 1 heterocycles. The van der Waals surface area contributed by atoms with Crippen LogP contribution in [0.25, 0.3) is 0 Å². The highest BCUT2D eigenvalue weighted by Crippen LogP contribution is 2.42. The molecule has 0 spiro atoms. The molecule has 16 heavy (non-hydrogen) atoms. The molecule has 84 valence electrons. The lowest BCUT2D eigenvalue weighted by molar-refractivity contribution is -0.150. The molecule has 2 aliphatic rings. The molecule has 3 nitrogen and oxygen atoms in total. The van der Waals surface area contributed by atoms with Crippen LogP contribution < -0.4 is 5.73 Å². The largest absolute Gasteiger partial charge is 0.329 e. The standard InChI is InChI=1S/C12H13FN2O/c13-8-3-1-2-7(6-8)11-10(14)12(16)15(11)9-4-5-9/h1-3,6,9-11H,4-5,14H2/t10-,11-/m1/s1. The number of carbonyl (C=O) groups excluding carboxylic acids is 1. The summed E-state index contributed by atoms with van der Waals surface area (Å²) in [7, 11) is 0. The predicted octanol–water partition coefficient (Wildman–Crippen LogP) is 1.20. The molecule has 4 heteroatoms. The maximum absolute atomic E-state index is 13.1. The van der Waals surface area contributed by atoms with Crippen molar-refractivity contribution in [3.8, 4) is 0 Å². The van der Waals surface area contributed by atoms with Crippen LogP contribution in [0.3, 0.4) is 0 Å². The van der Waals surface area contributed by atoms with Gasteiger partial charge in [0.05, 0.1) is 6.04 Å². The number of hydrogen-bond acceptors (Lipinski definition) is 2. The highest BCUT2D eigenvalue weighted by Gasteiger charge is 2.51. The summed E-state index contributed by atoms with van der Waals surface area (Å²) >= 11 is 0. The van der Waals surface area contributed by atoms with Crippen LogP contribution in [0, 0.1) is 5.82 Å². The summed E-state index contributed by atoms with van der Waals surface area (Å²) in [5.74, 6) is -0.281. The molecule has 2 fully saturated rings. The molecule has 0 unspecified atom stereocenters. The third-order valence-electron chi connectivity index (χ3n) is 3.31. The maximum atomic E-state index is 13.1. The topological polar surface area (TPSA) is 46.3 Å². The molecular formula is C12H13FN2O. The molecule has 1 aliphatic heterocycles. The molecule has 0 aromatic heterocycles. The molecule has 1 aliphatic carbocycles. The van der Waals surface area contributed by atoms with Crippen molar-refractivity contribution in [2.75, 3.05) is 0 Å². The van der Waals surface area contributed by atoms with Crippen molar-refractivity contribution in [3.63, 3.8) is 0 Å². The van der Waals surface area contributed by atoms with E-state index in [9.17, 15) is 9.18 Å². The van der Waals surface area contributed by atoms with E-state index in [0.29, 0.717) is 6.04 Å². The van der Waals surface area contributed by atoms with Crippen LogP contribution >= 0.6 is 0 Å². The number of halogens is 1. The van der Waals surface area contributed by atoms with Crippen molar-refractivity contribution in [3.05, 3.63) is 35.6 Å². The van der Waals surface area contributed by atoms with E-state index in [1.165, 1.54) is 12.1 Å². The highest BCUT2D eigenvalue weighted by molar-refractivity contribution is 5.90. The quantitative estimate of drug-likeness (QED) is 0.761. The Balaban J connectivity index is 1.90. The Labute approximate surface area is 93.0 Å². The van der Waals surface area contributed by atoms with Gasteiger partial charge in [-0.2, -0.15) is 0 Å². The summed E-state index contributed by atoms with van der Waals surface area (Å²) in [6, 6.07) is 6.06. The van der Waals surface area contributed by atoms with E-state index in [0.717, 1.165) is 18.4 Å². The van der Waals surface area contributed by atoms with Gasteiger partial charge in [-0.15, -0.1) is 0 Å². The number of carbonyl (C=O) groups is 1. The first-order chi connectivity index (χ1) is 7.68. The van der Waals surface area contributed by atoms with Crippen molar-refractivity contribution in [1.82, 2.24) is 4.90 Å². The Hall–Kier alpha value is -1.42. The Kier molecular flexibility index (Phi) is 2.01. The third kappa shape index (κ3) is 1.33. The Morgan fingerprint density at radius 3 is 2.75 bits per heavy atom. The van der Waals surface area contributed by atoms with Gasteiger partial charge in [0.1, 0.15) is 11.9 Å². The van der Waals surface area contributed by atoms with Gasteiger partial charge >= 0.3 is 0 Å². The SMILES string of the molecule is N[C@H]1C(=O)N(C2CC2)[C@@H]1c1cccc(F)c1. The molecule has 1 saturated carbocycles. The minimum Gasteiger partial charge on any atom is -0.329 e. The normalized spacial score (nSPS) is 29.1. The van der Waals surface area contributed by atoms with Gasteiger partial charge < -0.3 is 10.6 Å². The van der Waals surface area contributed by atoms with Crippen LogP contribution in [0.15, 0.2) is 24.3 Å². The van der Waals surface area contributed by atoms with Crippen molar-refractivity contribution >= 4 is 5.91 Å². The summed E-state index contributed by atoms with van der Waals surface area (Å²) in [4.78, 5) is 13.4. The zero-order valence-electron chi connectivity index (χ0n) is 8.77. The average molecular weight is 220 g/mol. The molecule has 1 aromatic carbocycles. The van der Waals surface area contributed by atoms with Crippen molar-refractivity contribution in [1.29, 1.82) is 0 Å². The van der Waals surface area contributed by atoms with Crippen molar-refractivity contribution in [2.45, 2.75) is 31.0 Å². The number of likely N-dealkylation sites (tertiary alicyclic amines) is 1. The van der Waals surface area contributed by atoms with E-state index in [1.807, 2.05) is 6.07 Å². The van der Waals surface area contributed by atoms with Gasteiger partial charge in [-0.3, -0.25) is 4.79 Å². The van der Waals surface area contributed by atoms with E-state index in [-0.39, 0.29) is 17.8 Å². The summed E-state index contributed by atoms with van der Waals surface area (Å²) in [6.07, 6.45) is 2.09. The molecule has 1 saturated heterocycles. The predicted molar refractivity (Wildman–Crippen MR) is 57.0 cm³/mol. The van der Waals surface area contributed by atoms with Crippen LogP contribution in [0.2, 0.25) is 0 Å². The molecule has 0 bridgehead atoms. The van der Waals surface area contributed by atoms with Crippen LogP contribution in [0.5, 0.6) is 0 Å². The van der Waals surface area contributed by atoms with Gasteiger partial charge in [0.25, 0.3) is 0 Å². The lowest BCUT2D eigenvalue weighted by Crippen LogP contribution is -2.63. The second kappa shape index (κ2) is 3.28. The molecule has 2 N–H and O–H groups in total. The fourth-order valence-corrected chi connectivity index (χ4v) is 2.35. The van der Waals surface area contributed by atoms with E-state index >= 15 is 0 Å². The molecule has 0 radical (unpaired) electrons. The minimum atomic E-state index is -0.498. The van der Waals surface area contributed by atoms with Crippen LogP contribution in [-0.4, -0.2) is 22.9 Å². The first-order valence-electron chi connectivity index (χ1n) is 5.51.